The summed E-state index contributed by atoms with van der Waals surface area (Å²) >= 11 is 0. The van der Waals surface area contributed by atoms with Crippen LogP contribution in [0, 0.1) is 33.6 Å². The molecule has 2 aromatic heterocycles. The number of hydrogen-bond donors (Lipinski definition) is 1. The van der Waals surface area contributed by atoms with Crippen LogP contribution in [0.15, 0.2) is 52.1 Å². The van der Waals surface area contributed by atoms with E-state index in [4.69, 9.17) is 14.4 Å². The molecular weight excluding hydrogens is 603 g/mol. The van der Waals surface area contributed by atoms with Gasteiger partial charge in [-0.15, -0.1) is 0 Å². The number of aryl methyl sites for hydroxylation is 4. The molecule has 1 aromatic carbocycles. The predicted molar refractivity (Wildman–Crippen MR) is 154 cm³/mol. The number of nitrogens with zero attached hydrogens (tertiary/aromatic N) is 5. The average molecular weight is 638 g/mol. The zero-order valence-electron chi connectivity index (χ0n) is 24.7. The highest BCUT2D eigenvalue weighted by molar-refractivity contribution is 7.89. The number of piperazine rings is 1. The number of pyridine rings is 1. The van der Waals surface area contributed by atoms with Crippen LogP contribution in [0.1, 0.15) is 34.1 Å². The summed E-state index contributed by atoms with van der Waals surface area (Å²) < 4.78 is 65.4. The molecule has 2 atom stereocenters. The lowest BCUT2D eigenvalue weighted by Gasteiger charge is -2.38. The summed E-state index contributed by atoms with van der Waals surface area (Å²) in [6.07, 6.45) is -2.19. The SMILES string of the molecule is Cc1ccc(C)c(N2CCN(C(=O)[C@@H]3CN(S(=O)(=O)c4cccnc4)C[C@H]3c3c(C)noc3C)CC2)c1.O=C(O)C(F)(F)F. The first-order valence-corrected chi connectivity index (χ1v) is 15.3. The van der Waals surface area contributed by atoms with Crippen molar-refractivity contribution in [1.29, 1.82) is 0 Å². The molecule has 0 radical (unpaired) electrons. The van der Waals surface area contributed by atoms with Crippen LogP contribution in [-0.4, -0.2) is 90.2 Å². The fourth-order valence-corrected chi connectivity index (χ4v) is 7.09. The van der Waals surface area contributed by atoms with Crippen LogP contribution in [0.2, 0.25) is 0 Å². The maximum absolute atomic E-state index is 13.9. The van der Waals surface area contributed by atoms with Crippen LogP contribution < -0.4 is 4.90 Å². The standard InChI is InChI=1S/C27H33N5O4S.C2HF3O2/c1-18-7-8-19(2)25(14-18)30-10-12-31(13-11-30)27(33)24-17-32(37(34,35)22-6-5-9-28-15-22)16-23(24)26-20(3)29-36-21(26)4;3-2(4,5)1(6)7/h5-9,14-15,23-24H,10-13,16-17H2,1-4H3;(H,6,7)/t23-,24-;/m1./s1. The number of amides is 1. The van der Waals surface area contributed by atoms with Gasteiger partial charge < -0.3 is 19.4 Å². The second-order valence-electron chi connectivity index (χ2n) is 10.9. The van der Waals surface area contributed by atoms with Gasteiger partial charge in [0.15, 0.2) is 0 Å². The molecule has 0 unspecified atom stereocenters. The van der Waals surface area contributed by atoms with Crippen LogP contribution >= 0.6 is 0 Å². The van der Waals surface area contributed by atoms with E-state index in [2.05, 4.69) is 47.1 Å². The summed E-state index contributed by atoms with van der Waals surface area (Å²) in [6.45, 7) is 10.8. The topological polar surface area (TPSA) is 137 Å². The van der Waals surface area contributed by atoms with Crippen molar-refractivity contribution in [1.82, 2.24) is 19.3 Å². The number of carboxylic acids is 1. The van der Waals surface area contributed by atoms with Crippen molar-refractivity contribution in [3.63, 3.8) is 0 Å². The molecule has 2 aliphatic rings. The minimum Gasteiger partial charge on any atom is -0.475 e. The molecule has 15 heteroatoms. The van der Waals surface area contributed by atoms with Crippen molar-refractivity contribution in [2.75, 3.05) is 44.2 Å². The van der Waals surface area contributed by atoms with E-state index in [9.17, 15) is 26.4 Å². The van der Waals surface area contributed by atoms with E-state index in [1.807, 2.05) is 18.7 Å². The van der Waals surface area contributed by atoms with E-state index in [1.54, 1.807) is 12.3 Å². The van der Waals surface area contributed by atoms with Gasteiger partial charge in [0.2, 0.25) is 15.9 Å². The summed E-state index contributed by atoms with van der Waals surface area (Å²) in [5, 5.41) is 11.2. The molecule has 2 fully saturated rings. The number of carbonyl (C=O) groups excluding carboxylic acids is 1. The number of carbonyl (C=O) groups is 2. The minimum atomic E-state index is -5.08. The van der Waals surface area contributed by atoms with Gasteiger partial charge in [0.05, 0.1) is 11.6 Å². The van der Waals surface area contributed by atoms with Crippen molar-refractivity contribution in [3.05, 3.63) is 70.9 Å². The normalized spacial score (nSPS) is 19.4. The first kappa shape index (κ1) is 32.9. The number of carboxylic acid groups (broad SMARTS) is 1. The molecular formula is C29H34F3N5O6S. The molecule has 0 aliphatic carbocycles. The maximum Gasteiger partial charge on any atom is 0.490 e. The molecule has 238 valence electrons. The molecule has 1 amide bonds. The molecule has 2 saturated heterocycles. The number of hydrogen-bond acceptors (Lipinski definition) is 8. The highest BCUT2D eigenvalue weighted by Gasteiger charge is 2.47. The summed E-state index contributed by atoms with van der Waals surface area (Å²) in [6, 6.07) is 9.57. The number of alkyl halides is 3. The van der Waals surface area contributed by atoms with E-state index in [1.165, 1.54) is 33.4 Å². The average Bonchev–Trinajstić information content (AvgIpc) is 3.57. The van der Waals surface area contributed by atoms with E-state index < -0.39 is 28.1 Å². The second-order valence-corrected chi connectivity index (χ2v) is 12.8. The summed E-state index contributed by atoms with van der Waals surface area (Å²) in [5.41, 5.74) is 5.16. The molecule has 1 N–H and O–H groups in total. The minimum absolute atomic E-state index is 0.0190. The molecule has 0 saturated carbocycles. The molecule has 5 rings (SSSR count). The lowest BCUT2D eigenvalue weighted by Crippen LogP contribution is -2.51. The molecule has 11 nitrogen and oxygen atoms in total. The Morgan fingerprint density at radius 1 is 1.02 bits per heavy atom. The van der Waals surface area contributed by atoms with E-state index in [-0.39, 0.29) is 29.8 Å². The third-order valence-electron chi connectivity index (χ3n) is 7.87. The largest absolute Gasteiger partial charge is 0.490 e. The maximum atomic E-state index is 13.9. The Morgan fingerprint density at radius 3 is 2.23 bits per heavy atom. The van der Waals surface area contributed by atoms with Gasteiger partial charge in [-0.3, -0.25) is 9.78 Å². The quantitative estimate of drug-likeness (QED) is 0.444. The van der Waals surface area contributed by atoms with Crippen LogP contribution in [-0.2, 0) is 19.6 Å². The van der Waals surface area contributed by atoms with Crippen molar-refractivity contribution in [2.45, 2.75) is 44.7 Å². The Kier molecular flexibility index (Phi) is 9.68. The van der Waals surface area contributed by atoms with Gasteiger partial charge >= 0.3 is 12.1 Å². The second kappa shape index (κ2) is 12.9. The summed E-state index contributed by atoms with van der Waals surface area (Å²) in [4.78, 5) is 31.1. The molecule has 44 heavy (non-hydrogen) atoms. The smallest absolute Gasteiger partial charge is 0.475 e. The Hall–Kier alpha value is -3.98. The van der Waals surface area contributed by atoms with Gasteiger partial charge in [0, 0.05) is 68.8 Å². The molecule has 0 bridgehead atoms. The van der Waals surface area contributed by atoms with E-state index >= 15 is 0 Å². The fraction of sp³-hybridized carbons (Fsp3) is 0.448. The zero-order chi connectivity index (χ0) is 32.4. The highest BCUT2D eigenvalue weighted by atomic mass is 32.2. The Labute approximate surface area is 253 Å². The van der Waals surface area contributed by atoms with Crippen LogP contribution in [0.4, 0.5) is 18.9 Å². The number of aliphatic carboxylic acids is 1. The number of halogens is 3. The summed E-state index contributed by atoms with van der Waals surface area (Å²) in [5.74, 6) is -3.00. The van der Waals surface area contributed by atoms with Gasteiger partial charge in [-0.05, 0) is 57.0 Å². The van der Waals surface area contributed by atoms with Crippen molar-refractivity contribution in [2.24, 2.45) is 5.92 Å². The van der Waals surface area contributed by atoms with Gasteiger partial charge in [-0.25, -0.2) is 13.2 Å². The zero-order valence-corrected chi connectivity index (χ0v) is 25.5. The van der Waals surface area contributed by atoms with Crippen LogP contribution in [0.3, 0.4) is 0 Å². The van der Waals surface area contributed by atoms with Crippen molar-refractivity contribution < 1.29 is 40.8 Å². The third-order valence-corrected chi connectivity index (χ3v) is 9.69. The van der Waals surface area contributed by atoms with Gasteiger partial charge in [-0.2, -0.15) is 17.5 Å². The monoisotopic (exact) mass is 637 g/mol. The number of benzene rings is 1. The summed E-state index contributed by atoms with van der Waals surface area (Å²) in [7, 11) is -3.80. The lowest BCUT2D eigenvalue weighted by atomic mass is 9.86. The Bertz CT molecular complexity index is 1590. The van der Waals surface area contributed by atoms with Crippen LogP contribution in [0.25, 0.3) is 0 Å². The van der Waals surface area contributed by atoms with Gasteiger partial charge in [-0.1, -0.05) is 17.3 Å². The molecule has 3 aromatic rings. The van der Waals surface area contributed by atoms with Crippen molar-refractivity contribution in [3.8, 4) is 0 Å². The number of anilines is 1. The third kappa shape index (κ3) is 7.04. The Morgan fingerprint density at radius 2 is 1.68 bits per heavy atom. The van der Waals surface area contributed by atoms with E-state index in [0.717, 1.165) is 18.7 Å². The fourth-order valence-electron chi connectivity index (χ4n) is 5.64. The first-order chi connectivity index (χ1) is 20.6. The Balaban J connectivity index is 0.000000566. The molecule has 2 aliphatic heterocycles. The van der Waals surface area contributed by atoms with Crippen molar-refractivity contribution >= 4 is 27.6 Å². The molecule has 4 heterocycles. The van der Waals surface area contributed by atoms with Crippen LogP contribution in [0.5, 0.6) is 0 Å². The number of aromatic nitrogens is 2. The highest BCUT2D eigenvalue weighted by Crippen LogP contribution is 2.39. The number of sulfonamides is 1. The number of rotatable bonds is 5. The lowest BCUT2D eigenvalue weighted by molar-refractivity contribution is -0.192. The van der Waals surface area contributed by atoms with Gasteiger partial charge in [0.1, 0.15) is 10.7 Å². The first-order valence-electron chi connectivity index (χ1n) is 13.8. The molecule has 0 spiro atoms. The van der Waals surface area contributed by atoms with E-state index in [0.29, 0.717) is 24.5 Å². The predicted octanol–water partition coefficient (Wildman–Crippen LogP) is 3.69. The van der Waals surface area contributed by atoms with Gasteiger partial charge in [0.25, 0.3) is 0 Å².